The first-order valence-electron chi connectivity index (χ1n) is 5.71. The highest BCUT2D eigenvalue weighted by atomic mass is 32.2. The molecule has 0 aliphatic heterocycles. The van der Waals surface area contributed by atoms with Crippen LogP contribution in [-0.2, 0) is 23.6 Å². The van der Waals surface area contributed by atoms with Gasteiger partial charge in [0.2, 0.25) is 0 Å². The number of hydrogen-bond acceptors (Lipinski definition) is 4. The van der Waals surface area contributed by atoms with Gasteiger partial charge in [-0.2, -0.15) is 5.10 Å². The molecule has 7 heteroatoms. The molecule has 0 radical (unpaired) electrons. The lowest BCUT2D eigenvalue weighted by Crippen LogP contribution is -2.26. The van der Waals surface area contributed by atoms with Crippen LogP contribution in [0.15, 0.2) is 41.6 Å². The molecule has 0 aliphatic carbocycles. The van der Waals surface area contributed by atoms with Crippen LogP contribution in [0, 0.1) is 0 Å². The predicted molar refractivity (Wildman–Crippen MR) is 73.1 cm³/mol. The molecule has 102 valence electrons. The molecule has 0 aliphatic rings. The highest BCUT2D eigenvalue weighted by molar-refractivity contribution is 7.92. The number of aromatic nitrogens is 2. The van der Waals surface area contributed by atoms with Crippen molar-refractivity contribution in [3.63, 3.8) is 0 Å². The van der Waals surface area contributed by atoms with Crippen LogP contribution in [0.2, 0.25) is 0 Å². The minimum Gasteiger partial charge on any atom is -0.326 e. The van der Waals surface area contributed by atoms with Gasteiger partial charge in [-0.1, -0.05) is 12.1 Å². The Morgan fingerprint density at radius 2 is 1.95 bits per heavy atom. The largest absolute Gasteiger partial charge is 0.326 e. The van der Waals surface area contributed by atoms with Crippen molar-refractivity contribution in [2.75, 3.05) is 11.4 Å². The van der Waals surface area contributed by atoms with Gasteiger partial charge in [-0.15, -0.1) is 0 Å². The van der Waals surface area contributed by atoms with Crippen LogP contribution < -0.4 is 10.0 Å². The van der Waals surface area contributed by atoms with Gasteiger partial charge in [0.25, 0.3) is 10.0 Å². The van der Waals surface area contributed by atoms with Crippen LogP contribution in [0.4, 0.5) is 5.69 Å². The summed E-state index contributed by atoms with van der Waals surface area (Å²) in [5.74, 6) is 0. The Bertz CT molecular complexity index is 661. The van der Waals surface area contributed by atoms with Crippen molar-refractivity contribution in [1.29, 1.82) is 0 Å². The second-order valence-electron chi connectivity index (χ2n) is 4.19. The Morgan fingerprint density at radius 3 is 2.42 bits per heavy atom. The maximum atomic E-state index is 12.3. The summed E-state index contributed by atoms with van der Waals surface area (Å²) in [6.07, 6.45) is 2.81. The smallest absolute Gasteiger partial charge is 0.267 e. The van der Waals surface area contributed by atoms with Gasteiger partial charge in [-0.25, -0.2) is 8.42 Å². The maximum absolute atomic E-state index is 12.3. The molecule has 1 heterocycles. The first-order chi connectivity index (χ1) is 8.95. The van der Waals surface area contributed by atoms with Crippen LogP contribution in [0.3, 0.4) is 0 Å². The van der Waals surface area contributed by atoms with E-state index in [9.17, 15) is 8.42 Å². The van der Waals surface area contributed by atoms with Gasteiger partial charge in [0.1, 0.15) is 4.90 Å². The fourth-order valence-corrected chi connectivity index (χ4v) is 2.85. The van der Waals surface area contributed by atoms with Gasteiger partial charge in [0, 0.05) is 26.8 Å². The molecule has 6 nitrogen and oxygen atoms in total. The zero-order valence-corrected chi connectivity index (χ0v) is 11.6. The van der Waals surface area contributed by atoms with Crippen molar-refractivity contribution in [1.82, 2.24) is 9.78 Å². The van der Waals surface area contributed by atoms with Crippen molar-refractivity contribution in [2.45, 2.75) is 11.4 Å². The highest BCUT2D eigenvalue weighted by Gasteiger charge is 2.22. The van der Waals surface area contributed by atoms with Crippen LogP contribution in [-0.4, -0.2) is 25.2 Å². The first kappa shape index (κ1) is 13.6. The molecular weight excluding hydrogens is 264 g/mol. The lowest BCUT2D eigenvalue weighted by molar-refractivity contribution is 0.594. The fourth-order valence-electron chi connectivity index (χ4n) is 1.67. The average Bonchev–Trinajstić information content (AvgIpc) is 2.85. The third-order valence-electron chi connectivity index (χ3n) is 2.88. The number of nitrogens with zero attached hydrogens (tertiary/aromatic N) is 3. The predicted octanol–water partition coefficient (Wildman–Crippen LogP) is 0.704. The van der Waals surface area contributed by atoms with Gasteiger partial charge in [0.05, 0.1) is 11.9 Å². The molecule has 0 unspecified atom stereocenters. The van der Waals surface area contributed by atoms with E-state index in [2.05, 4.69) is 5.10 Å². The summed E-state index contributed by atoms with van der Waals surface area (Å²) in [5, 5.41) is 3.88. The summed E-state index contributed by atoms with van der Waals surface area (Å²) in [5.41, 5.74) is 7.05. The van der Waals surface area contributed by atoms with Gasteiger partial charge in [0.15, 0.2) is 0 Å². The zero-order valence-electron chi connectivity index (χ0n) is 10.8. The SMILES string of the molecule is CN(c1ccc(CN)cc1)S(=O)(=O)c1cnn(C)c1. The van der Waals surface area contributed by atoms with Gasteiger partial charge in [-0.05, 0) is 17.7 Å². The topological polar surface area (TPSA) is 81.2 Å². The number of rotatable bonds is 4. The monoisotopic (exact) mass is 280 g/mol. The number of sulfonamides is 1. The lowest BCUT2D eigenvalue weighted by atomic mass is 10.2. The molecule has 0 saturated heterocycles. The van der Waals surface area contributed by atoms with Gasteiger partial charge >= 0.3 is 0 Å². The van der Waals surface area contributed by atoms with Gasteiger partial charge in [-0.3, -0.25) is 8.99 Å². The molecule has 1 aromatic heterocycles. The summed E-state index contributed by atoms with van der Waals surface area (Å²) in [6, 6.07) is 7.08. The molecule has 2 N–H and O–H groups in total. The molecular formula is C12H16N4O2S. The Hall–Kier alpha value is -1.86. The minimum absolute atomic E-state index is 0.167. The molecule has 19 heavy (non-hydrogen) atoms. The van der Waals surface area contributed by atoms with E-state index in [-0.39, 0.29) is 4.90 Å². The Morgan fingerprint density at radius 1 is 1.32 bits per heavy atom. The highest BCUT2D eigenvalue weighted by Crippen LogP contribution is 2.21. The van der Waals surface area contributed by atoms with E-state index in [0.29, 0.717) is 12.2 Å². The summed E-state index contributed by atoms with van der Waals surface area (Å²) >= 11 is 0. The van der Waals surface area contributed by atoms with Crippen molar-refractivity contribution in [3.8, 4) is 0 Å². The Labute approximate surface area is 112 Å². The lowest BCUT2D eigenvalue weighted by Gasteiger charge is -2.18. The fraction of sp³-hybridized carbons (Fsp3) is 0.250. The first-order valence-corrected chi connectivity index (χ1v) is 7.16. The molecule has 0 spiro atoms. The molecule has 2 aromatic rings. The normalized spacial score (nSPS) is 11.5. The van der Waals surface area contributed by atoms with E-state index in [1.54, 1.807) is 19.2 Å². The second kappa shape index (κ2) is 5.02. The molecule has 0 bridgehead atoms. The van der Waals surface area contributed by atoms with Crippen LogP contribution in [0.5, 0.6) is 0 Å². The third-order valence-corrected chi connectivity index (χ3v) is 4.61. The molecule has 0 atom stereocenters. The average molecular weight is 280 g/mol. The minimum atomic E-state index is -3.57. The third kappa shape index (κ3) is 2.61. The van der Waals surface area contributed by atoms with Crippen LogP contribution >= 0.6 is 0 Å². The van der Waals surface area contributed by atoms with Crippen LogP contribution in [0.25, 0.3) is 0 Å². The number of hydrogen-bond donors (Lipinski definition) is 1. The van der Waals surface area contributed by atoms with E-state index in [4.69, 9.17) is 5.73 Å². The Balaban J connectivity index is 2.34. The molecule has 0 saturated carbocycles. The van der Waals surface area contributed by atoms with Crippen molar-refractivity contribution < 1.29 is 8.42 Å². The number of benzene rings is 1. The number of aryl methyl sites for hydroxylation is 1. The molecule has 0 amide bonds. The summed E-state index contributed by atoms with van der Waals surface area (Å²) in [7, 11) is -0.383. The maximum Gasteiger partial charge on any atom is 0.267 e. The second-order valence-corrected chi connectivity index (χ2v) is 6.16. The van der Waals surface area contributed by atoms with E-state index in [1.165, 1.54) is 28.4 Å². The quantitative estimate of drug-likeness (QED) is 0.894. The van der Waals surface area contributed by atoms with Gasteiger partial charge < -0.3 is 5.73 Å². The number of anilines is 1. The molecule has 2 rings (SSSR count). The van der Waals surface area contributed by atoms with E-state index in [0.717, 1.165) is 5.56 Å². The zero-order chi connectivity index (χ0) is 14.0. The standard InChI is InChI=1S/C12H16N4O2S/c1-15-9-12(8-14-15)19(17,18)16(2)11-5-3-10(7-13)4-6-11/h3-6,8-9H,7,13H2,1-2H3. The summed E-state index contributed by atoms with van der Waals surface area (Å²) < 4.78 is 27.4. The Kier molecular flexibility index (Phi) is 3.59. The van der Waals surface area contributed by atoms with E-state index >= 15 is 0 Å². The van der Waals surface area contributed by atoms with Crippen molar-refractivity contribution >= 4 is 15.7 Å². The summed E-state index contributed by atoms with van der Waals surface area (Å²) in [4.78, 5) is 0.167. The van der Waals surface area contributed by atoms with Crippen LogP contribution in [0.1, 0.15) is 5.56 Å². The summed E-state index contributed by atoms with van der Waals surface area (Å²) in [6.45, 7) is 0.430. The number of nitrogens with two attached hydrogens (primary N) is 1. The van der Waals surface area contributed by atoms with Crippen molar-refractivity contribution in [3.05, 3.63) is 42.2 Å². The molecule has 0 fully saturated rings. The van der Waals surface area contributed by atoms with E-state index in [1.807, 2.05) is 12.1 Å². The van der Waals surface area contributed by atoms with Crippen molar-refractivity contribution in [2.24, 2.45) is 12.8 Å². The van der Waals surface area contributed by atoms with E-state index < -0.39 is 10.0 Å². The molecule has 1 aromatic carbocycles.